The SMILES string of the molecule is CC(N)C(NC(=O)O)C(C)(C)C. The molecule has 0 fully saturated rings. The molecule has 0 heterocycles. The van der Waals surface area contributed by atoms with Crippen molar-refractivity contribution in [3.8, 4) is 0 Å². The molecule has 0 saturated heterocycles. The van der Waals surface area contributed by atoms with Gasteiger partial charge in [-0.05, 0) is 12.3 Å². The second-order valence-electron chi connectivity index (χ2n) is 4.15. The molecule has 0 spiro atoms. The zero-order valence-electron chi connectivity index (χ0n) is 8.09. The zero-order chi connectivity index (χ0) is 9.94. The van der Waals surface area contributed by atoms with Gasteiger partial charge in [0.15, 0.2) is 0 Å². The second kappa shape index (κ2) is 3.76. The Morgan fingerprint density at radius 3 is 2.00 bits per heavy atom. The fourth-order valence-electron chi connectivity index (χ4n) is 1.27. The highest BCUT2D eigenvalue weighted by Crippen LogP contribution is 2.20. The van der Waals surface area contributed by atoms with Crippen molar-refractivity contribution in [2.45, 2.75) is 39.8 Å². The summed E-state index contributed by atoms with van der Waals surface area (Å²) in [4.78, 5) is 10.4. The third-order valence-electron chi connectivity index (χ3n) is 1.74. The fraction of sp³-hybridized carbons (Fsp3) is 0.875. The summed E-state index contributed by atoms with van der Waals surface area (Å²) < 4.78 is 0. The Morgan fingerprint density at radius 1 is 1.50 bits per heavy atom. The lowest BCUT2D eigenvalue weighted by Gasteiger charge is -2.33. The van der Waals surface area contributed by atoms with Gasteiger partial charge in [-0.1, -0.05) is 20.8 Å². The number of amides is 1. The lowest BCUT2D eigenvalue weighted by Crippen LogP contribution is -2.53. The highest BCUT2D eigenvalue weighted by atomic mass is 16.4. The van der Waals surface area contributed by atoms with E-state index in [9.17, 15) is 4.79 Å². The van der Waals surface area contributed by atoms with Crippen LogP contribution in [0.1, 0.15) is 27.7 Å². The van der Waals surface area contributed by atoms with E-state index in [4.69, 9.17) is 10.8 Å². The zero-order valence-corrected chi connectivity index (χ0v) is 8.09. The van der Waals surface area contributed by atoms with Crippen LogP contribution in [-0.2, 0) is 0 Å². The van der Waals surface area contributed by atoms with Gasteiger partial charge in [0.1, 0.15) is 0 Å². The topological polar surface area (TPSA) is 75.3 Å². The first-order chi connectivity index (χ1) is 5.25. The molecule has 2 unspecified atom stereocenters. The van der Waals surface area contributed by atoms with Crippen molar-refractivity contribution in [1.29, 1.82) is 0 Å². The molecule has 0 aliphatic heterocycles. The molecular weight excluding hydrogens is 156 g/mol. The summed E-state index contributed by atoms with van der Waals surface area (Å²) in [5, 5.41) is 10.9. The first-order valence-electron chi connectivity index (χ1n) is 4.00. The highest BCUT2D eigenvalue weighted by Gasteiger charge is 2.28. The van der Waals surface area contributed by atoms with Gasteiger partial charge >= 0.3 is 6.09 Å². The number of nitrogens with two attached hydrogens (primary N) is 1. The summed E-state index contributed by atoms with van der Waals surface area (Å²) in [5.41, 5.74) is 5.50. The maximum atomic E-state index is 10.4. The Bertz CT molecular complexity index is 161. The molecule has 0 radical (unpaired) electrons. The monoisotopic (exact) mass is 174 g/mol. The quantitative estimate of drug-likeness (QED) is 0.585. The van der Waals surface area contributed by atoms with Crippen LogP contribution in [0.2, 0.25) is 0 Å². The van der Waals surface area contributed by atoms with E-state index in [0.29, 0.717) is 0 Å². The largest absolute Gasteiger partial charge is 0.465 e. The minimum Gasteiger partial charge on any atom is -0.465 e. The van der Waals surface area contributed by atoms with Crippen LogP contribution in [0.25, 0.3) is 0 Å². The molecular formula is C8H18N2O2. The van der Waals surface area contributed by atoms with Crippen molar-refractivity contribution in [1.82, 2.24) is 5.32 Å². The molecule has 0 aromatic carbocycles. The van der Waals surface area contributed by atoms with Gasteiger partial charge in [-0.3, -0.25) is 0 Å². The van der Waals surface area contributed by atoms with E-state index in [1.165, 1.54) is 0 Å². The van der Waals surface area contributed by atoms with Gasteiger partial charge in [0, 0.05) is 6.04 Å². The number of nitrogens with one attached hydrogen (secondary N) is 1. The molecule has 2 atom stereocenters. The van der Waals surface area contributed by atoms with E-state index in [0.717, 1.165) is 0 Å². The van der Waals surface area contributed by atoms with Crippen LogP contribution in [0.5, 0.6) is 0 Å². The summed E-state index contributed by atoms with van der Waals surface area (Å²) >= 11 is 0. The minimum absolute atomic E-state index is 0.146. The Balaban J connectivity index is 4.35. The average molecular weight is 174 g/mol. The summed E-state index contributed by atoms with van der Waals surface area (Å²) in [5.74, 6) is 0. The molecule has 0 bridgehead atoms. The van der Waals surface area contributed by atoms with E-state index < -0.39 is 6.09 Å². The molecule has 0 aliphatic carbocycles. The molecule has 0 rings (SSSR count). The Kier molecular flexibility index (Phi) is 3.52. The van der Waals surface area contributed by atoms with Crippen molar-refractivity contribution in [2.75, 3.05) is 0 Å². The van der Waals surface area contributed by atoms with Crippen LogP contribution in [-0.4, -0.2) is 23.3 Å². The molecule has 1 amide bonds. The van der Waals surface area contributed by atoms with E-state index in [-0.39, 0.29) is 17.5 Å². The Labute approximate surface area is 73.1 Å². The first-order valence-corrected chi connectivity index (χ1v) is 4.00. The maximum absolute atomic E-state index is 10.4. The molecule has 4 N–H and O–H groups in total. The predicted molar refractivity (Wildman–Crippen MR) is 48.1 cm³/mol. The van der Waals surface area contributed by atoms with Gasteiger partial charge in [0.25, 0.3) is 0 Å². The van der Waals surface area contributed by atoms with E-state index in [1.54, 1.807) is 6.92 Å². The van der Waals surface area contributed by atoms with Gasteiger partial charge < -0.3 is 16.2 Å². The lowest BCUT2D eigenvalue weighted by molar-refractivity contribution is 0.168. The van der Waals surface area contributed by atoms with E-state index in [1.807, 2.05) is 20.8 Å². The van der Waals surface area contributed by atoms with Gasteiger partial charge in [0.05, 0.1) is 6.04 Å². The summed E-state index contributed by atoms with van der Waals surface area (Å²) in [6.07, 6.45) is -1.02. The molecule has 4 heteroatoms. The van der Waals surface area contributed by atoms with Crippen molar-refractivity contribution >= 4 is 6.09 Å². The maximum Gasteiger partial charge on any atom is 0.404 e. The summed E-state index contributed by atoms with van der Waals surface area (Å²) in [7, 11) is 0. The predicted octanol–water partition coefficient (Wildman–Crippen LogP) is 1.02. The summed E-state index contributed by atoms with van der Waals surface area (Å²) in [6.45, 7) is 7.66. The molecule has 0 aromatic heterocycles. The molecule has 72 valence electrons. The third-order valence-corrected chi connectivity index (χ3v) is 1.74. The van der Waals surface area contributed by atoms with E-state index in [2.05, 4.69) is 5.32 Å². The number of rotatable bonds is 2. The Morgan fingerprint density at radius 2 is 1.92 bits per heavy atom. The van der Waals surface area contributed by atoms with Gasteiger partial charge in [-0.15, -0.1) is 0 Å². The van der Waals surface area contributed by atoms with Crippen molar-refractivity contribution in [3.05, 3.63) is 0 Å². The van der Waals surface area contributed by atoms with Crippen molar-refractivity contribution < 1.29 is 9.90 Å². The minimum atomic E-state index is -1.02. The van der Waals surface area contributed by atoms with Crippen LogP contribution >= 0.6 is 0 Å². The number of hydrogen-bond donors (Lipinski definition) is 3. The second-order valence-corrected chi connectivity index (χ2v) is 4.15. The molecule has 12 heavy (non-hydrogen) atoms. The number of carbonyl (C=O) groups is 1. The van der Waals surface area contributed by atoms with Crippen LogP contribution in [0, 0.1) is 5.41 Å². The number of hydrogen-bond acceptors (Lipinski definition) is 2. The molecule has 0 aromatic rings. The fourth-order valence-corrected chi connectivity index (χ4v) is 1.27. The smallest absolute Gasteiger partial charge is 0.404 e. The van der Waals surface area contributed by atoms with Crippen LogP contribution in [0.3, 0.4) is 0 Å². The van der Waals surface area contributed by atoms with Crippen molar-refractivity contribution in [3.63, 3.8) is 0 Å². The number of carboxylic acid groups (broad SMARTS) is 1. The van der Waals surface area contributed by atoms with Crippen molar-refractivity contribution in [2.24, 2.45) is 11.1 Å². The standard InChI is InChI=1S/C8H18N2O2/c1-5(9)6(8(2,3)4)10-7(11)12/h5-6,10H,9H2,1-4H3,(H,11,12). The van der Waals surface area contributed by atoms with Crippen LogP contribution in [0.15, 0.2) is 0 Å². The third kappa shape index (κ3) is 3.57. The highest BCUT2D eigenvalue weighted by molar-refractivity contribution is 5.65. The average Bonchev–Trinajstić information content (AvgIpc) is 1.79. The van der Waals surface area contributed by atoms with Gasteiger partial charge in [-0.25, -0.2) is 4.79 Å². The van der Waals surface area contributed by atoms with Crippen LogP contribution in [0.4, 0.5) is 4.79 Å². The Hall–Kier alpha value is -0.770. The van der Waals surface area contributed by atoms with Gasteiger partial charge in [-0.2, -0.15) is 0 Å². The molecule has 0 saturated carbocycles. The lowest BCUT2D eigenvalue weighted by atomic mass is 9.83. The normalized spacial score (nSPS) is 16.8. The van der Waals surface area contributed by atoms with Gasteiger partial charge in [0.2, 0.25) is 0 Å². The summed E-state index contributed by atoms with van der Waals surface area (Å²) in [6, 6.07) is -0.393. The molecule has 4 nitrogen and oxygen atoms in total. The van der Waals surface area contributed by atoms with Crippen LogP contribution < -0.4 is 11.1 Å². The first kappa shape index (κ1) is 11.2. The van der Waals surface area contributed by atoms with E-state index >= 15 is 0 Å². The molecule has 0 aliphatic rings.